The number of nitrogens with one attached hydrogen (secondary N) is 1. The molecule has 0 saturated heterocycles. The highest BCUT2D eigenvalue weighted by Crippen LogP contribution is 2.22. The van der Waals surface area contributed by atoms with Gasteiger partial charge in [0.05, 0.1) is 31.1 Å². The monoisotopic (exact) mass is 452 g/mol. The third kappa shape index (κ3) is 6.11. The molecule has 0 bridgehead atoms. The second-order valence-electron chi connectivity index (χ2n) is 7.50. The van der Waals surface area contributed by atoms with E-state index in [1.807, 2.05) is 68.4 Å². The third-order valence-corrected chi connectivity index (χ3v) is 6.17. The molecule has 32 heavy (non-hydrogen) atoms. The Morgan fingerprint density at radius 3 is 2.16 bits per heavy atom. The first-order chi connectivity index (χ1) is 15.3. The molecule has 7 heteroatoms. The van der Waals surface area contributed by atoms with Crippen molar-refractivity contribution < 1.29 is 17.9 Å². The van der Waals surface area contributed by atoms with Crippen molar-refractivity contribution in [2.24, 2.45) is 0 Å². The van der Waals surface area contributed by atoms with Crippen LogP contribution in [0.5, 0.6) is 5.75 Å². The molecular formula is C25H28N2O4S. The zero-order chi connectivity index (χ0) is 23.1. The summed E-state index contributed by atoms with van der Waals surface area (Å²) < 4.78 is 31.5. The molecular weight excluding hydrogens is 424 g/mol. The van der Waals surface area contributed by atoms with Gasteiger partial charge in [0.1, 0.15) is 5.75 Å². The first-order valence-corrected chi connectivity index (χ1v) is 12.3. The van der Waals surface area contributed by atoms with Crippen LogP contribution in [-0.2, 0) is 16.6 Å². The normalized spacial score (nSPS) is 12.1. The van der Waals surface area contributed by atoms with E-state index in [0.29, 0.717) is 17.9 Å². The summed E-state index contributed by atoms with van der Waals surface area (Å²) in [6.45, 7) is 4.66. The number of hydrogen-bond donors (Lipinski definition) is 1. The van der Waals surface area contributed by atoms with Gasteiger partial charge in [0.2, 0.25) is 10.0 Å². The number of carbonyl (C=O) groups is 1. The van der Waals surface area contributed by atoms with Crippen LogP contribution in [0, 0.1) is 0 Å². The standard InChI is InChI=1S/C25H28N2O4S/c1-4-31-24-16-12-21(13-17-24)19(2)26-25(28)22-10-14-23(15-11-22)27(32(3,29)30)18-20-8-6-5-7-9-20/h5-17,19H,4,18H2,1-3H3,(H,26,28)/t19-/m0/s1. The smallest absolute Gasteiger partial charge is 0.251 e. The number of amides is 1. The Morgan fingerprint density at radius 2 is 1.59 bits per heavy atom. The number of carbonyl (C=O) groups excluding carboxylic acids is 1. The quantitative estimate of drug-likeness (QED) is 0.517. The van der Waals surface area contributed by atoms with E-state index in [1.54, 1.807) is 24.3 Å². The van der Waals surface area contributed by atoms with Crippen LogP contribution in [0.15, 0.2) is 78.9 Å². The van der Waals surface area contributed by atoms with Crippen LogP contribution in [0.4, 0.5) is 5.69 Å². The Balaban J connectivity index is 1.71. The summed E-state index contributed by atoms with van der Waals surface area (Å²) in [6.07, 6.45) is 1.18. The van der Waals surface area contributed by atoms with Crippen LogP contribution in [0.1, 0.15) is 41.4 Å². The number of anilines is 1. The Hall–Kier alpha value is -3.32. The molecule has 0 aliphatic heterocycles. The van der Waals surface area contributed by atoms with Crippen molar-refractivity contribution in [3.05, 3.63) is 95.6 Å². The fraction of sp³-hybridized carbons (Fsp3) is 0.240. The minimum absolute atomic E-state index is 0.191. The lowest BCUT2D eigenvalue weighted by Crippen LogP contribution is -2.29. The molecule has 0 fully saturated rings. The summed E-state index contributed by atoms with van der Waals surface area (Å²) in [7, 11) is -3.49. The Labute approximate surface area is 189 Å². The molecule has 0 radical (unpaired) electrons. The molecule has 0 saturated carbocycles. The highest BCUT2D eigenvalue weighted by atomic mass is 32.2. The van der Waals surface area contributed by atoms with Gasteiger partial charge in [-0.15, -0.1) is 0 Å². The minimum atomic E-state index is -3.49. The van der Waals surface area contributed by atoms with Crippen LogP contribution >= 0.6 is 0 Å². The predicted octanol–water partition coefficient (Wildman–Crippen LogP) is 4.54. The van der Waals surface area contributed by atoms with Gasteiger partial charge in [0.25, 0.3) is 5.91 Å². The second-order valence-corrected chi connectivity index (χ2v) is 9.41. The number of nitrogens with zero attached hydrogens (tertiary/aromatic N) is 1. The predicted molar refractivity (Wildman–Crippen MR) is 127 cm³/mol. The number of benzene rings is 3. The lowest BCUT2D eigenvalue weighted by Gasteiger charge is -2.23. The maximum absolute atomic E-state index is 12.7. The van der Waals surface area contributed by atoms with Gasteiger partial charge >= 0.3 is 0 Å². The molecule has 0 unspecified atom stereocenters. The molecule has 0 aliphatic carbocycles. The van der Waals surface area contributed by atoms with Crippen molar-refractivity contribution in [3.8, 4) is 5.75 Å². The molecule has 1 atom stereocenters. The van der Waals surface area contributed by atoms with Crippen LogP contribution < -0.4 is 14.4 Å². The molecule has 6 nitrogen and oxygen atoms in total. The second kappa shape index (κ2) is 10.3. The van der Waals surface area contributed by atoms with Gasteiger partial charge in [0, 0.05) is 5.56 Å². The Kier molecular flexibility index (Phi) is 7.53. The average molecular weight is 453 g/mol. The van der Waals surface area contributed by atoms with Crippen molar-refractivity contribution in [2.75, 3.05) is 17.2 Å². The van der Waals surface area contributed by atoms with E-state index in [2.05, 4.69) is 5.32 Å². The van der Waals surface area contributed by atoms with E-state index in [9.17, 15) is 13.2 Å². The van der Waals surface area contributed by atoms with Crippen molar-refractivity contribution >= 4 is 21.6 Å². The topological polar surface area (TPSA) is 75.7 Å². The first kappa shape index (κ1) is 23.3. The summed E-state index contributed by atoms with van der Waals surface area (Å²) in [5.74, 6) is 0.559. The van der Waals surface area contributed by atoms with Gasteiger partial charge in [-0.05, 0) is 61.4 Å². The van der Waals surface area contributed by atoms with Crippen LogP contribution in [0.25, 0.3) is 0 Å². The number of rotatable bonds is 9. The first-order valence-electron chi connectivity index (χ1n) is 10.4. The van der Waals surface area contributed by atoms with E-state index < -0.39 is 10.0 Å². The van der Waals surface area contributed by atoms with Gasteiger partial charge in [-0.1, -0.05) is 42.5 Å². The lowest BCUT2D eigenvalue weighted by molar-refractivity contribution is 0.0940. The summed E-state index contributed by atoms with van der Waals surface area (Å²) in [5, 5.41) is 2.97. The molecule has 168 valence electrons. The maximum Gasteiger partial charge on any atom is 0.251 e. The van der Waals surface area contributed by atoms with Gasteiger partial charge in [-0.3, -0.25) is 9.10 Å². The highest BCUT2D eigenvalue weighted by Gasteiger charge is 2.19. The van der Waals surface area contributed by atoms with E-state index in [4.69, 9.17) is 4.74 Å². The van der Waals surface area contributed by atoms with Crippen molar-refractivity contribution in [2.45, 2.75) is 26.4 Å². The lowest BCUT2D eigenvalue weighted by atomic mass is 10.1. The van der Waals surface area contributed by atoms with Crippen LogP contribution in [0.3, 0.4) is 0 Å². The van der Waals surface area contributed by atoms with Crippen molar-refractivity contribution in [1.82, 2.24) is 5.32 Å². The van der Waals surface area contributed by atoms with Crippen molar-refractivity contribution in [3.63, 3.8) is 0 Å². The number of hydrogen-bond acceptors (Lipinski definition) is 4. The summed E-state index contributed by atoms with van der Waals surface area (Å²) >= 11 is 0. The van der Waals surface area contributed by atoms with Crippen molar-refractivity contribution in [1.29, 1.82) is 0 Å². The summed E-state index contributed by atoms with van der Waals surface area (Å²) in [6, 6.07) is 23.4. The molecule has 0 aromatic heterocycles. The van der Waals surface area contributed by atoms with Gasteiger partial charge in [-0.25, -0.2) is 8.42 Å². The average Bonchev–Trinajstić information content (AvgIpc) is 2.78. The molecule has 0 aliphatic rings. The van der Waals surface area contributed by atoms with Gasteiger partial charge < -0.3 is 10.1 Å². The summed E-state index contributed by atoms with van der Waals surface area (Å²) in [4.78, 5) is 12.7. The van der Waals surface area contributed by atoms with E-state index in [1.165, 1.54) is 10.6 Å². The molecule has 0 spiro atoms. The molecule has 0 heterocycles. The molecule has 1 N–H and O–H groups in total. The number of sulfonamides is 1. The van der Waals surface area contributed by atoms with Gasteiger partial charge in [0.15, 0.2) is 0 Å². The molecule has 3 aromatic carbocycles. The maximum atomic E-state index is 12.7. The van der Waals surface area contributed by atoms with E-state index >= 15 is 0 Å². The minimum Gasteiger partial charge on any atom is -0.494 e. The largest absolute Gasteiger partial charge is 0.494 e. The number of ether oxygens (including phenoxy) is 1. The Bertz CT molecular complexity index is 1130. The van der Waals surface area contributed by atoms with Gasteiger partial charge in [-0.2, -0.15) is 0 Å². The molecule has 3 rings (SSSR count). The van der Waals surface area contributed by atoms with Crippen LogP contribution in [0.2, 0.25) is 0 Å². The SMILES string of the molecule is CCOc1ccc([C@H](C)NC(=O)c2ccc(N(Cc3ccccc3)S(C)(=O)=O)cc2)cc1. The molecule has 1 amide bonds. The van der Waals surface area contributed by atoms with E-state index in [-0.39, 0.29) is 18.5 Å². The highest BCUT2D eigenvalue weighted by molar-refractivity contribution is 7.92. The zero-order valence-corrected chi connectivity index (χ0v) is 19.3. The zero-order valence-electron chi connectivity index (χ0n) is 18.5. The molecule has 3 aromatic rings. The Morgan fingerprint density at radius 1 is 0.969 bits per heavy atom. The fourth-order valence-corrected chi connectivity index (χ4v) is 4.20. The van der Waals surface area contributed by atoms with E-state index in [0.717, 1.165) is 16.9 Å². The fourth-order valence-electron chi connectivity index (χ4n) is 3.31. The summed E-state index contributed by atoms with van der Waals surface area (Å²) in [5.41, 5.74) is 2.81. The third-order valence-electron chi connectivity index (χ3n) is 5.03. The van der Waals surface area contributed by atoms with Crippen LogP contribution in [-0.4, -0.2) is 27.2 Å².